The monoisotopic (exact) mass is 100 g/mol. The summed E-state index contributed by atoms with van der Waals surface area (Å²) in [6, 6.07) is 0. The molecule has 0 N–H and O–H groups in total. The van der Waals surface area contributed by atoms with Crippen molar-refractivity contribution in [1.82, 2.24) is 20.4 Å². The lowest BCUT2D eigenvalue weighted by molar-refractivity contribution is -0.809. The van der Waals surface area contributed by atoms with Crippen molar-refractivity contribution in [3.8, 4) is 0 Å². The first-order valence-electron chi connectivity index (χ1n) is 1.89. The third-order valence-corrected chi connectivity index (χ3v) is 0.758. The minimum absolute atomic E-state index is 1.53. The summed E-state index contributed by atoms with van der Waals surface area (Å²) in [5.41, 5.74) is 0. The summed E-state index contributed by atoms with van der Waals surface area (Å²) >= 11 is 0. The number of aromatic nitrogens is 5. The zero-order valence-electron chi connectivity index (χ0n) is 4.24. The van der Waals surface area contributed by atoms with Gasteiger partial charge in [-0.3, -0.25) is 0 Å². The largest absolute Gasteiger partial charge is 0.231 e. The first-order chi connectivity index (χ1) is 3.30. The topological polar surface area (TPSA) is 47.5 Å². The van der Waals surface area contributed by atoms with Crippen LogP contribution in [0.3, 0.4) is 0 Å². The van der Waals surface area contributed by atoms with Crippen molar-refractivity contribution in [2.45, 2.75) is 0 Å². The van der Waals surface area contributed by atoms with Crippen LogP contribution in [0.15, 0.2) is 0 Å². The van der Waals surface area contributed by atoms with Crippen molar-refractivity contribution in [3.05, 3.63) is 0 Å². The molecule has 1 aromatic heterocycles. The van der Waals surface area contributed by atoms with Gasteiger partial charge in [0.2, 0.25) is 10.4 Å². The molecule has 0 aliphatic rings. The maximum atomic E-state index is 3.53. The Morgan fingerprint density at radius 3 is 2.43 bits per heavy atom. The lowest BCUT2D eigenvalue weighted by Gasteiger charge is -1.76. The highest BCUT2D eigenvalue weighted by molar-refractivity contribution is 3.87. The predicted octanol–water partition coefficient (Wildman–Crippen LogP) is -1.97. The highest BCUT2D eigenvalue weighted by Gasteiger charge is 1.96. The van der Waals surface area contributed by atoms with Gasteiger partial charge in [0.1, 0.15) is 12.3 Å². The molecule has 5 nitrogen and oxygen atoms in total. The van der Waals surface area contributed by atoms with Crippen molar-refractivity contribution in [2.75, 3.05) is 0 Å². The Morgan fingerprint density at radius 2 is 2.29 bits per heavy atom. The second kappa shape index (κ2) is 1.25. The first kappa shape index (κ1) is 4.17. The van der Waals surface area contributed by atoms with E-state index in [1.54, 1.807) is 14.1 Å². The Hall–Kier alpha value is -1.00. The normalized spacial score (nSPS) is 9.43. The third-order valence-electron chi connectivity index (χ3n) is 0.758. The summed E-state index contributed by atoms with van der Waals surface area (Å²) in [7, 11) is 3.53. The van der Waals surface area contributed by atoms with Crippen molar-refractivity contribution >= 4 is 0 Å². The summed E-state index contributed by atoms with van der Waals surface area (Å²) in [6.07, 6.45) is 0. The number of rotatable bonds is 0. The molecule has 1 heterocycles. The fourth-order valence-electron chi connectivity index (χ4n) is 0.249. The summed E-state index contributed by atoms with van der Waals surface area (Å²) in [6.45, 7) is 0. The van der Waals surface area contributed by atoms with E-state index in [1.807, 2.05) is 0 Å². The van der Waals surface area contributed by atoms with Crippen LogP contribution in [0.1, 0.15) is 0 Å². The van der Waals surface area contributed by atoms with Crippen molar-refractivity contribution < 1.29 is 4.80 Å². The lowest BCUT2D eigenvalue weighted by Crippen LogP contribution is -2.40. The minimum Gasteiger partial charge on any atom is -0.0693 e. The van der Waals surface area contributed by atoms with Crippen LogP contribution < -0.4 is 4.80 Å². The second-order valence-electron chi connectivity index (χ2n) is 1.25. The Kier molecular flexibility index (Phi) is 0.744. The summed E-state index contributed by atoms with van der Waals surface area (Å²) in [5, 5.41) is 10.4. The van der Waals surface area contributed by atoms with Crippen LogP contribution in [0.25, 0.3) is 0 Å². The van der Waals surface area contributed by atoms with Gasteiger partial charge in [-0.1, -0.05) is 4.80 Å². The van der Waals surface area contributed by atoms with E-state index >= 15 is 0 Å². The predicted molar refractivity (Wildman–Crippen MR) is 20.0 cm³/mol. The molecule has 0 unspecified atom stereocenters. The SMILES string of the molecule is Cn1nnn[n+]1C. The number of hydrogen-bond acceptors (Lipinski definition) is 3. The fourth-order valence-corrected chi connectivity index (χ4v) is 0.249. The third kappa shape index (κ3) is 0.556. The van der Waals surface area contributed by atoms with Crippen molar-refractivity contribution in [1.29, 1.82) is 0 Å². The molecule has 0 amide bonds. The van der Waals surface area contributed by atoms with Crippen LogP contribution in [0, 0.1) is 0 Å². The molecule has 0 atom stereocenters. The van der Waals surface area contributed by atoms with E-state index in [0.29, 0.717) is 0 Å². The van der Waals surface area contributed by atoms with Crippen LogP contribution in [-0.2, 0) is 14.1 Å². The molecule has 0 bridgehead atoms. The van der Waals surface area contributed by atoms with E-state index < -0.39 is 0 Å². The maximum Gasteiger partial charge on any atom is 0.231 e. The summed E-state index contributed by atoms with van der Waals surface area (Å²) in [5.74, 6) is 0. The second-order valence-corrected chi connectivity index (χ2v) is 1.25. The molecule has 0 aromatic carbocycles. The molecule has 5 heteroatoms. The fraction of sp³-hybridized carbons (Fsp3) is 1.00. The van der Waals surface area contributed by atoms with Crippen LogP contribution in [0.5, 0.6) is 0 Å². The van der Waals surface area contributed by atoms with Gasteiger partial charge < -0.3 is 0 Å². The summed E-state index contributed by atoms with van der Waals surface area (Å²) < 4.78 is 0. The average Bonchev–Trinajstić information content (AvgIpc) is 1.91. The van der Waals surface area contributed by atoms with Crippen LogP contribution >= 0.6 is 0 Å². The molecule has 38 valence electrons. The van der Waals surface area contributed by atoms with E-state index in [-0.39, 0.29) is 0 Å². The lowest BCUT2D eigenvalue weighted by atomic mass is 11.4. The Morgan fingerprint density at radius 1 is 1.57 bits per heavy atom. The van der Waals surface area contributed by atoms with Crippen LogP contribution in [0.2, 0.25) is 0 Å². The molecule has 1 rings (SSSR count). The molecule has 0 fully saturated rings. The Balaban J connectivity index is 3.12. The minimum atomic E-state index is 1.53. The molecule has 7 heavy (non-hydrogen) atoms. The zero-order chi connectivity index (χ0) is 5.28. The maximum absolute atomic E-state index is 3.53. The highest BCUT2D eigenvalue weighted by Crippen LogP contribution is 1.46. The van der Waals surface area contributed by atoms with E-state index in [0.717, 1.165) is 0 Å². The van der Waals surface area contributed by atoms with Crippen LogP contribution in [0.4, 0.5) is 0 Å². The standard InChI is InChI=1S/C2H6N5/c1-6-4-3-5-7(6)2/h1-2H3/q+1. The van der Waals surface area contributed by atoms with Gasteiger partial charge in [-0.05, 0) is 4.80 Å². The van der Waals surface area contributed by atoms with Gasteiger partial charge in [-0.25, -0.2) is 0 Å². The van der Waals surface area contributed by atoms with E-state index in [1.165, 1.54) is 9.59 Å². The Bertz CT molecular complexity index is 138. The number of nitrogens with zero attached hydrogens (tertiary/aromatic N) is 5. The van der Waals surface area contributed by atoms with Crippen molar-refractivity contribution in [3.63, 3.8) is 0 Å². The molecule has 0 radical (unpaired) electrons. The number of aryl methyl sites for hydroxylation is 2. The number of hydrogen-bond donors (Lipinski definition) is 0. The quantitative estimate of drug-likeness (QED) is 0.355. The van der Waals surface area contributed by atoms with E-state index in [4.69, 9.17) is 0 Å². The van der Waals surface area contributed by atoms with Gasteiger partial charge in [0.15, 0.2) is 0 Å². The average molecular weight is 100 g/mol. The van der Waals surface area contributed by atoms with Gasteiger partial charge in [0.05, 0.1) is 7.05 Å². The first-order valence-corrected chi connectivity index (χ1v) is 1.89. The highest BCUT2D eigenvalue weighted by atomic mass is 15.8. The molecule has 0 aliphatic heterocycles. The molecular formula is C2H6N5+. The van der Waals surface area contributed by atoms with Crippen LogP contribution in [-0.4, -0.2) is 20.4 Å². The molecular weight excluding hydrogens is 94.1 g/mol. The molecule has 0 saturated carbocycles. The zero-order valence-corrected chi connectivity index (χ0v) is 4.24. The van der Waals surface area contributed by atoms with Gasteiger partial charge in [0, 0.05) is 0 Å². The Labute approximate surface area is 40.5 Å². The van der Waals surface area contributed by atoms with E-state index in [2.05, 4.69) is 15.6 Å². The van der Waals surface area contributed by atoms with Gasteiger partial charge in [-0.2, -0.15) is 0 Å². The van der Waals surface area contributed by atoms with Gasteiger partial charge in [0.25, 0.3) is 0 Å². The molecule has 0 spiro atoms. The molecule has 0 aliphatic carbocycles. The van der Waals surface area contributed by atoms with E-state index in [9.17, 15) is 0 Å². The van der Waals surface area contributed by atoms with Gasteiger partial charge >= 0.3 is 0 Å². The summed E-state index contributed by atoms with van der Waals surface area (Å²) in [4.78, 5) is 3.06. The van der Waals surface area contributed by atoms with Crippen molar-refractivity contribution in [2.24, 2.45) is 14.1 Å². The van der Waals surface area contributed by atoms with Gasteiger partial charge in [-0.15, -0.1) is 0 Å². The molecule has 1 aromatic rings. The molecule has 0 saturated heterocycles. The smallest absolute Gasteiger partial charge is 0.0693 e.